The van der Waals surface area contributed by atoms with Crippen molar-refractivity contribution < 1.29 is 14.6 Å². The number of hydrogen-bond acceptors (Lipinski definition) is 5. The molecule has 152 valence electrons. The number of carbonyl (C=O) groups excluding carboxylic acids is 1. The van der Waals surface area contributed by atoms with Crippen molar-refractivity contribution >= 4 is 46.6 Å². The molecule has 0 unspecified atom stereocenters. The van der Waals surface area contributed by atoms with Crippen molar-refractivity contribution in [2.45, 2.75) is 18.3 Å². The minimum atomic E-state index is -0.196. The molecule has 3 aromatic rings. The second kappa shape index (κ2) is 10.0. The Morgan fingerprint density at radius 3 is 2.62 bits per heavy atom. The van der Waals surface area contributed by atoms with E-state index in [4.69, 9.17) is 27.9 Å². The fraction of sp³-hybridized carbons (Fsp3) is 0.200. The highest BCUT2D eigenvalue weighted by Crippen LogP contribution is 2.26. The maximum atomic E-state index is 12.3. The van der Waals surface area contributed by atoms with E-state index in [1.54, 1.807) is 31.5 Å². The van der Waals surface area contributed by atoms with Crippen molar-refractivity contribution in [3.05, 3.63) is 70.0 Å². The number of rotatable bonds is 8. The Balaban J connectivity index is 1.65. The summed E-state index contributed by atoms with van der Waals surface area (Å²) < 4.78 is 7.08. The van der Waals surface area contributed by atoms with Crippen LogP contribution >= 0.6 is 35.0 Å². The summed E-state index contributed by atoms with van der Waals surface area (Å²) in [7, 11) is 1.62. The SMILES string of the molecule is COc1ccc(Cn2cc(CO)nc2SCC(=O)Nc2ccc(Cl)c(Cl)c2)cc1. The molecular weight excluding hydrogens is 433 g/mol. The standard InChI is InChI=1S/C20H19Cl2N3O3S/c1-28-16-5-2-13(3-6-16)9-25-10-15(11-26)24-20(25)29-12-19(27)23-14-4-7-17(21)18(22)8-14/h2-8,10,26H,9,11-12H2,1H3,(H,23,27). The van der Waals surface area contributed by atoms with Gasteiger partial charge >= 0.3 is 0 Å². The van der Waals surface area contributed by atoms with E-state index in [0.717, 1.165) is 11.3 Å². The lowest BCUT2D eigenvalue weighted by molar-refractivity contribution is -0.113. The maximum absolute atomic E-state index is 12.3. The Morgan fingerprint density at radius 2 is 1.97 bits per heavy atom. The predicted octanol–water partition coefficient (Wildman–Crippen LogP) is 4.47. The molecule has 0 atom stereocenters. The van der Waals surface area contributed by atoms with E-state index < -0.39 is 0 Å². The van der Waals surface area contributed by atoms with Gasteiger partial charge in [0.05, 0.1) is 35.2 Å². The van der Waals surface area contributed by atoms with Gasteiger partial charge in [-0.25, -0.2) is 4.98 Å². The molecule has 0 radical (unpaired) electrons. The summed E-state index contributed by atoms with van der Waals surface area (Å²) in [6.45, 7) is 0.395. The van der Waals surface area contributed by atoms with Gasteiger partial charge in [-0.1, -0.05) is 47.1 Å². The number of hydrogen-bond donors (Lipinski definition) is 2. The minimum absolute atomic E-state index is 0.157. The molecular formula is C20H19Cl2N3O3S. The van der Waals surface area contributed by atoms with Crippen LogP contribution in [0, 0.1) is 0 Å². The Morgan fingerprint density at radius 1 is 1.21 bits per heavy atom. The molecule has 0 fully saturated rings. The number of nitrogens with zero attached hydrogens (tertiary/aromatic N) is 2. The summed E-state index contributed by atoms with van der Waals surface area (Å²) in [5.74, 6) is 0.743. The molecule has 1 amide bonds. The number of anilines is 1. The number of nitrogens with one attached hydrogen (secondary N) is 1. The van der Waals surface area contributed by atoms with Crippen LogP contribution in [0.25, 0.3) is 0 Å². The number of methoxy groups -OCH3 is 1. The van der Waals surface area contributed by atoms with Gasteiger partial charge in [-0.15, -0.1) is 0 Å². The van der Waals surface area contributed by atoms with Crippen LogP contribution in [0.5, 0.6) is 5.75 Å². The Kier molecular flexibility index (Phi) is 7.44. The molecule has 2 N–H and O–H groups in total. The molecule has 3 rings (SSSR count). The van der Waals surface area contributed by atoms with E-state index in [1.807, 2.05) is 28.8 Å². The molecule has 0 aliphatic carbocycles. The van der Waals surface area contributed by atoms with Gasteiger partial charge in [-0.2, -0.15) is 0 Å². The summed E-state index contributed by atoms with van der Waals surface area (Å²) in [5.41, 5.74) is 2.17. The highest BCUT2D eigenvalue weighted by Gasteiger charge is 2.12. The van der Waals surface area contributed by atoms with Gasteiger partial charge in [0.1, 0.15) is 5.75 Å². The molecule has 29 heavy (non-hydrogen) atoms. The van der Waals surface area contributed by atoms with Crippen molar-refractivity contribution in [2.75, 3.05) is 18.2 Å². The number of ether oxygens (including phenoxy) is 1. The number of amides is 1. The number of halogens is 2. The number of carbonyl (C=O) groups is 1. The number of imidazole rings is 1. The normalized spacial score (nSPS) is 10.8. The third-order valence-corrected chi connectivity index (χ3v) is 5.73. The molecule has 9 heteroatoms. The molecule has 1 aromatic heterocycles. The first-order valence-electron chi connectivity index (χ1n) is 8.66. The zero-order chi connectivity index (χ0) is 20.8. The smallest absolute Gasteiger partial charge is 0.234 e. The van der Waals surface area contributed by atoms with E-state index in [0.29, 0.717) is 33.1 Å². The first-order chi connectivity index (χ1) is 14.0. The second-order valence-electron chi connectivity index (χ2n) is 6.11. The molecule has 2 aromatic carbocycles. The van der Waals surface area contributed by atoms with Crippen molar-refractivity contribution in [1.82, 2.24) is 9.55 Å². The third kappa shape index (κ3) is 5.90. The molecule has 0 spiro atoms. The predicted molar refractivity (Wildman–Crippen MR) is 116 cm³/mol. The molecule has 0 saturated heterocycles. The summed E-state index contributed by atoms with van der Waals surface area (Å²) in [6.07, 6.45) is 1.78. The largest absolute Gasteiger partial charge is 0.497 e. The van der Waals surface area contributed by atoms with Crippen LogP contribution in [0.2, 0.25) is 10.0 Å². The fourth-order valence-electron chi connectivity index (χ4n) is 2.58. The molecule has 0 aliphatic rings. The van der Waals surface area contributed by atoms with Crippen LogP contribution < -0.4 is 10.1 Å². The molecule has 6 nitrogen and oxygen atoms in total. The Bertz CT molecular complexity index is 993. The second-order valence-corrected chi connectivity index (χ2v) is 7.87. The van der Waals surface area contributed by atoms with E-state index in [-0.39, 0.29) is 18.3 Å². The van der Waals surface area contributed by atoms with Gasteiger partial charge in [0.2, 0.25) is 5.91 Å². The number of aliphatic hydroxyl groups is 1. The average molecular weight is 452 g/mol. The van der Waals surface area contributed by atoms with Gasteiger partial charge < -0.3 is 19.7 Å². The van der Waals surface area contributed by atoms with E-state index >= 15 is 0 Å². The number of benzene rings is 2. The lowest BCUT2D eigenvalue weighted by atomic mass is 10.2. The van der Waals surface area contributed by atoms with E-state index in [1.165, 1.54) is 11.8 Å². The van der Waals surface area contributed by atoms with Crippen LogP contribution in [0.1, 0.15) is 11.3 Å². The maximum Gasteiger partial charge on any atom is 0.234 e. The lowest BCUT2D eigenvalue weighted by Crippen LogP contribution is -2.14. The van der Waals surface area contributed by atoms with Gasteiger partial charge in [0, 0.05) is 18.4 Å². The number of thioether (sulfide) groups is 1. The first-order valence-corrected chi connectivity index (χ1v) is 10.4. The van der Waals surface area contributed by atoms with E-state index in [9.17, 15) is 9.90 Å². The van der Waals surface area contributed by atoms with Gasteiger partial charge in [0.15, 0.2) is 5.16 Å². The van der Waals surface area contributed by atoms with Crippen molar-refractivity contribution in [3.8, 4) is 5.75 Å². The third-order valence-electron chi connectivity index (χ3n) is 4.00. The Labute approximate surface area is 182 Å². The fourth-order valence-corrected chi connectivity index (χ4v) is 3.68. The van der Waals surface area contributed by atoms with Gasteiger partial charge in [0.25, 0.3) is 0 Å². The molecule has 0 bridgehead atoms. The van der Waals surface area contributed by atoms with Gasteiger partial charge in [-0.05, 0) is 35.9 Å². The summed E-state index contributed by atoms with van der Waals surface area (Å²) in [4.78, 5) is 16.7. The first kappa shape index (κ1) is 21.5. The zero-order valence-corrected chi connectivity index (χ0v) is 17.9. The van der Waals surface area contributed by atoms with E-state index in [2.05, 4.69) is 10.3 Å². The van der Waals surface area contributed by atoms with Crippen LogP contribution in [-0.4, -0.2) is 33.4 Å². The average Bonchev–Trinajstić information content (AvgIpc) is 3.11. The quantitative estimate of drug-likeness (QED) is 0.494. The summed E-state index contributed by atoms with van der Waals surface area (Å²) in [6, 6.07) is 12.6. The van der Waals surface area contributed by atoms with Crippen LogP contribution in [0.15, 0.2) is 53.8 Å². The molecule has 0 aliphatic heterocycles. The van der Waals surface area contributed by atoms with Gasteiger partial charge in [-0.3, -0.25) is 4.79 Å². The van der Waals surface area contributed by atoms with Crippen LogP contribution in [0.3, 0.4) is 0 Å². The zero-order valence-electron chi connectivity index (χ0n) is 15.6. The monoisotopic (exact) mass is 451 g/mol. The van der Waals surface area contributed by atoms with Crippen LogP contribution in [-0.2, 0) is 17.9 Å². The number of aliphatic hydroxyl groups excluding tert-OH is 1. The topological polar surface area (TPSA) is 76.4 Å². The summed E-state index contributed by atoms with van der Waals surface area (Å²) in [5, 5.41) is 13.7. The Hall–Kier alpha value is -2.19. The summed E-state index contributed by atoms with van der Waals surface area (Å²) >= 11 is 13.2. The van der Waals surface area contributed by atoms with Crippen molar-refractivity contribution in [3.63, 3.8) is 0 Å². The van der Waals surface area contributed by atoms with Crippen molar-refractivity contribution in [2.24, 2.45) is 0 Å². The number of aromatic nitrogens is 2. The molecule has 0 saturated carbocycles. The lowest BCUT2D eigenvalue weighted by Gasteiger charge is -2.09. The molecule has 1 heterocycles. The van der Waals surface area contributed by atoms with Crippen LogP contribution in [0.4, 0.5) is 5.69 Å². The minimum Gasteiger partial charge on any atom is -0.497 e. The highest BCUT2D eigenvalue weighted by molar-refractivity contribution is 7.99. The highest BCUT2D eigenvalue weighted by atomic mass is 35.5. The van der Waals surface area contributed by atoms with Crippen molar-refractivity contribution in [1.29, 1.82) is 0 Å².